The van der Waals surface area contributed by atoms with Gasteiger partial charge in [-0.05, 0) is 38.8 Å². The van der Waals surface area contributed by atoms with Crippen LogP contribution < -0.4 is 10.1 Å². The van der Waals surface area contributed by atoms with Crippen LogP contribution in [0.1, 0.15) is 26.7 Å². The first-order valence-electron chi connectivity index (χ1n) is 6.25. The second-order valence-electron chi connectivity index (χ2n) is 4.34. The highest BCUT2D eigenvalue weighted by atomic mass is 16.5. The van der Waals surface area contributed by atoms with Gasteiger partial charge in [0.15, 0.2) is 0 Å². The van der Waals surface area contributed by atoms with E-state index in [1.807, 2.05) is 19.1 Å². The lowest BCUT2D eigenvalue weighted by Gasteiger charge is -2.29. The van der Waals surface area contributed by atoms with Crippen molar-refractivity contribution in [2.45, 2.75) is 38.8 Å². The summed E-state index contributed by atoms with van der Waals surface area (Å²) < 4.78 is 11.0. The number of ether oxygens (including phenoxy) is 2. The Morgan fingerprint density at radius 3 is 3.24 bits per heavy atom. The molecule has 0 aromatic carbocycles. The van der Waals surface area contributed by atoms with E-state index in [0.29, 0.717) is 24.6 Å². The van der Waals surface area contributed by atoms with Gasteiger partial charge in [0.05, 0.1) is 18.4 Å². The summed E-state index contributed by atoms with van der Waals surface area (Å²) in [5.41, 5.74) is 0.980. The third-order valence-electron chi connectivity index (χ3n) is 2.90. The maximum Gasteiger partial charge on any atom is 0.237 e. The second kappa shape index (κ2) is 5.87. The molecule has 4 heteroatoms. The summed E-state index contributed by atoms with van der Waals surface area (Å²) in [7, 11) is 0. The topological polar surface area (TPSA) is 43.4 Å². The molecule has 1 aliphatic heterocycles. The van der Waals surface area contributed by atoms with Crippen molar-refractivity contribution in [3.8, 4) is 5.88 Å². The fourth-order valence-corrected chi connectivity index (χ4v) is 2.10. The van der Waals surface area contributed by atoms with Crippen LogP contribution in [0.2, 0.25) is 0 Å². The molecule has 1 aromatic heterocycles. The largest absolute Gasteiger partial charge is 0.476 e. The van der Waals surface area contributed by atoms with Crippen LogP contribution in [-0.2, 0) is 4.74 Å². The first-order valence-corrected chi connectivity index (χ1v) is 6.25. The predicted octanol–water partition coefficient (Wildman–Crippen LogP) is 2.46. The van der Waals surface area contributed by atoms with Gasteiger partial charge in [0, 0.05) is 18.8 Å². The molecular formula is C13H20N2O2. The average molecular weight is 236 g/mol. The van der Waals surface area contributed by atoms with Crippen LogP contribution in [-0.4, -0.2) is 30.3 Å². The Hall–Kier alpha value is -1.29. The quantitative estimate of drug-likeness (QED) is 0.872. The fraction of sp³-hybridized carbons (Fsp3) is 0.615. The predicted molar refractivity (Wildman–Crippen MR) is 67.5 cm³/mol. The van der Waals surface area contributed by atoms with Crippen LogP contribution in [0.25, 0.3) is 0 Å². The molecular weight excluding hydrogens is 216 g/mol. The monoisotopic (exact) mass is 236 g/mol. The molecule has 2 heterocycles. The second-order valence-corrected chi connectivity index (χ2v) is 4.34. The molecule has 4 nitrogen and oxygen atoms in total. The maximum atomic E-state index is 5.54. The first-order chi connectivity index (χ1) is 8.29. The highest BCUT2D eigenvalue weighted by Crippen LogP contribution is 2.24. The molecule has 2 rings (SSSR count). The smallest absolute Gasteiger partial charge is 0.237 e. The number of nitrogens with one attached hydrogen (secondary N) is 1. The molecule has 1 aliphatic rings. The minimum absolute atomic E-state index is 0.327. The van der Waals surface area contributed by atoms with E-state index in [9.17, 15) is 0 Å². The van der Waals surface area contributed by atoms with E-state index in [0.717, 1.165) is 25.1 Å². The number of nitrogens with zero attached hydrogens (tertiary/aromatic N) is 1. The number of aromatic nitrogens is 1. The number of hydrogen-bond acceptors (Lipinski definition) is 4. The van der Waals surface area contributed by atoms with Crippen molar-refractivity contribution >= 4 is 5.69 Å². The SMILES string of the molecule is CCOc1ncccc1NC1CCOC(C)C1. The van der Waals surface area contributed by atoms with Gasteiger partial charge in [0.1, 0.15) is 0 Å². The van der Waals surface area contributed by atoms with Gasteiger partial charge < -0.3 is 14.8 Å². The van der Waals surface area contributed by atoms with Crippen molar-refractivity contribution in [2.75, 3.05) is 18.5 Å². The summed E-state index contributed by atoms with van der Waals surface area (Å²) in [4.78, 5) is 4.24. The van der Waals surface area contributed by atoms with Crippen molar-refractivity contribution in [3.05, 3.63) is 18.3 Å². The third kappa shape index (κ3) is 3.33. The van der Waals surface area contributed by atoms with Gasteiger partial charge in [0.25, 0.3) is 0 Å². The molecule has 2 atom stereocenters. The standard InChI is InChI=1S/C13H20N2O2/c1-3-16-13-12(5-4-7-14-13)15-11-6-8-17-10(2)9-11/h4-5,7,10-11,15H,3,6,8-9H2,1-2H3. The molecule has 1 fully saturated rings. The molecule has 94 valence electrons. The van der Waals surface area contributed by atoms with Crippen LogP contribution in [0.15, 0.2) is 18.3 Å². The summed E-state index contributed by atoms with van der Waals surface area (Å²) in [6, 6.07) is 4.38. The van der Waals surface area contributed by atoms with Crippen molar-refractivity contribution in [2.24, 2.45) is 0 Å². The lowest BCUT2D eigenvalue weighted by atomic mass is 10.0. The Morgan fingerprint density at radius 1 is 1.59 bits per heavy atom. The summed E-state index contributed by atoms with van der Waals surface area (Å²) in [5, 5.41) is 3.50. The van der Waals surface area contributed by atoms with Gasteiger partial charge in [-0.2, -0.15) is 0 Å². The van der Waals surface area contributed by atoms with Gasteiger partial charge in [0.2, 0.25) is 5.88 Å². The number of rotatable bonds is 4. The molecule has 1 N–H and O–H groups in total. The van der Waals surface area contributed by atoms with Crippen LogP contribution >= 0.6 is 0 Å². The molecule has 0 bridgehead atoms. The zero-order valence-corrected chi connectivity index (χ0v) is 10.5. The first kappa shape index (κ1) is 12.2. The van der Waals surface area contributed by atoms with Crippen molar-refractivity contribution in [1.29, 1.82) is 0 Å². The van der Waals surface area contributed by atoms with Crippen LogP contribution in [0.3, 0.4) is 0 Å². The van der Waals surface area contributed by atoms with E-state index in [2.05, 4.69) is 17.2 Å². The zero-order valence-electron chi connectivity index (χ0n) is 10.5. The summed E-state index contributed by atoms with van der Waals surface area (Å²) in [6.45, 7) is 5.54. The zero-order chi connectivity index (χ0) is 12.1. The van der Waals surface area contributed by atoms with E-state index in [1.54, 1.807) is 6.20 Å². The van der Waals surface area contributed by atoms with Crippen molar-refractivity contribution in [1.82, 2.24) is 4.98 Å². The van der Waals surface area contributed by atoms with Crippen LogP contribution in [0.4, 0.5) is 5.69 Å². The molecule has 0 amide bonds. The van der Waals surface area contributed by atoms with E-state index in [-0.39, 0.29) is 0 Å². The van der Waals surface area contributed by atoms with E-state index in [4.69, 9.17) is 9.47 Å². The Balaban J connectivity index is 2.01. The number of hydrogen-bond donors (Lipinski definition) is 1. The van der Waals surface area contributed by atoms with Gasteiger partial charge >= 0.3 is 0 Å². The highest BCUT2D eigenvalue weighted by Gasteiger charge is 2.20. The maximum absolute atomic E-state index is 5.54. The summed E-state index contributed by atoms with van der Waals surface area (Å²) in [6.07, 6.45) is 4.14. The summed E-state index contributed by atoms with van der Waals surface area (Å²) >= 11 is 0. The van der Waals surface area contributed by atoms with E-state index < -0.39 is 0 Å². The third-order valence-corrected chi connectivity index (χ3v) is 2.90. The molecule has 0 radical (unpaired) electrons. The minimum Gasteiger partial charge on any atom is -0.476 e. The Kier molecular flexibility index (Phi) is 4.20. The van der Waals surface area contributed by atoms with Crippen LogP contribution in [0.5, 0.6) is 5.88 Å². The average Bonchev–Trinajstić information content (AvgIpc) is 2.32. The highest BCUT2D eigenvalue weighted by molar-refractivity contribution is 5.52. The molecule has 2 unspecified atom stereocenters. The van der Waals surface area contributed by atoms with Gasteiger partial charge in [-0.1, -0.05) is 0 Å². The molecule has 1 aromatic rings. The van der Waals surface area contributed by atoms with Crippen LogP contribution in [0, 0.1) is 0 Å². The van der Waals surface area contributed by atoms with Crippen molar-refractivity contribution in [3.63, 3.8) is 0 Å². The molecule has 0 aliphatic carbocycles. The summed E-state index contributed by atoms with van der Waals surface area (Å²) in [5.74, 6) is 0.689. The van der Waals surface area contributed by atoms with E-state index in [1.165, 1.54) is 0 Å². The fourth-order valence-electron chi connectivity index (χ4n) is 2.10. The molecule has 1 saturated heterocycles. The Labute approximate surface area is 102 Å². The lowest BCUT2D eigenvalue weighted by molar-refractivity contribution is 0.0232. The lowest BCUT2D eigenvalue weighted by Crippen LogP contribution is -2.32. The normalized spacial score (nSPS) is 24.4. The Morgan fingerprint density at radius 2 is 2.47 bits per heavy atom. The van der Waals surface area contributed by atoms with Gasteiger partial charge in [-0.3, -0.25) is 0 Å². The van der Waals surface area contributed by atoms with Gasteiger partial charge in [-0.25, -0.2) is 4.98 Å². The molecule has 17 heavy (non-hydrogen) atoms. The van der Waals surface area contributed by atoms with Crippen molar-refractivity contribution < 1.29 is 9.47 Å². The molecule has 0 saturated carbocycles. The van der Waals surface area contributed by atoms with Gasteiger partial charge in [-0.15, -0.1) is 0 Å². The minimum atomic E-state index is 0.327. The number of pyridine rings is 1. The number of anilines is 1. The van der Waals surface area contributed by atoms with E-state index >= 15 is 0 Å². The Bertz CT molecular complexity index is 357. The molecule has 0 spiro atoms.